The molecule has 9 nitrogen and oxygen atoms in total. The van der Waals surface area contributed by atoms with E-state index in [0.29, 0.717) is 39.7 Å². The largest absolute Gasteiger partial charge is 0.482 e. The number of aryl methyl sites for hydroxylation is 1. The molecule has 0 bridgehead atoms. The minimum atomic E-state index is -0.447. The minimum Gasteiger partial charge on any atom is -0.482 e. The van der Waals surface area contributed by atoms with Crippen LogP contribution in [0, 0.1) is 6.92 Å². The Morgan fingerprint density at radius 1 is 1.22 bits per heavy atom. The van der Waals surface area contributed by atoms with E-state index in [4.69, 9.17) is 9.26 Å². The van der Waals surface area contributed by atoms with Crippen LogP contribution in [0.2, 0.25) is 0 Å². The number of fused-ring (bicyclic) bond motifs is 1. The van der Waals surface area contributed by atoms with Crippen LogP contribution in [-0.2, 0) is 11.3 Å². The van der Waals surface area contributed by atoms with Crippen LogP contribution in [0.1, 0.15) is 16.1 Å². The van der Waals surface area contributed by atoms with Crippen LogP contribution in [0.4, 0.5) is 5.69 Å². The van der Waals surface area contributed by atoms with Gasteiger partial charge in [-0.3, -0.25) is 14.4 Å². The Hall–Kier alpha value is -4.05. The number of hydrogen-bond acceptors (Lipinski definition) is 8. The van der Waals surface area contributed by atoms with E-state index < -0.39 is 5.56 Å². The van der Waals surface area contributed by atoms with E-state index in [1.807, 2.05) is 17.5 Å². The summed E-state index contributed by atoms with van der Waals surface area (Å²) in [5.74, 6) is 0.295. The van der Waals surface area contributed by atoms with E-state index in [1.54, 1.807) is 25.1 Å². The Balaban J connectivity index is 1.51. The van der Waals surface area contributed by atoms with Gasteiger partial charge in [-0.25, -0.2) is 4.68 Å². The number of hydrogen-bond donors (Lipinski definition) is 1. The molecule has 10 heteroatoms. The fraction of sp³-hybridized carbons (Fsp3) is 0.136. The van der Waals surface area contributed by atoms with Crippen LogP contribution >= 0.6 is 11.3 Å². The van der Waals surface area contributed by atoms with Gasteiger partial charge in [-0.05, 0) is 36.6 Å². The number of nitrogens with zero attached hydrogens (tertiary/aromatic N) is 3. The van der Waals surface area contributed by atoms with Crippen molar-refractivity contribution >= 4 is 28.7 Å². The number of nitrogens with one attached hydrogen (secondary N) is 1. The maximum Gasteiger partial charge on any atom is 0.267 e. The van der Waals surface area contributed by atoms with Crippen molar-refractivity contribution in [2.24, 2.45) is 0 Å². The van der Waals surface area contributed by atoms with Crippen molar-refractivity contribution in [3.8, 4) is 27.6 Å². The molecule has 3 aromatic heterocycles. The number of carbonyl (C=O) groups excluding carboxylic acids is 2. The van der Waals surface area contributed by atoms with E-state index in [-0.39, 0.29) is 24.8 Å². The second-order valence-electron chi connectivity index (χ2n) is 7.18. The summed E-state index contributed by atoms with van der Waals surface area (Å²) < 4.78 is 11.8. The van der Waals surface area contributed by atoms with Crippen molar-refractivity contribution in [2.75, 3.05) is 11.9 Å². The molecule has 0 saturated heterocycles. The smallest absolute Gasteiger partial charge is 0.267 e. The fourth-order valence-corrected chi connectivity index (χ4v) is 4.08. The molecule has 4 heterocycles. The van der Waals surface area contributed by atoms with E-state index in [1.165, 1.54) is 23.5 Å². The number of aromatic nitrogens is 3. The van der Waals surface area contributed by atoms with Gasteiger partial charge in [0.25, 0.3) is 11.5 Å². The summed E-state index contributed by atoms with van der Waals surface area (Å²) in [6.07, 6.45) is 0. The highest BCUT2D eigenvalue weighted by Gasteiger charge is 2.21. The second kappa shape index (κ2) is 7.89. The average molecular weight is 448 g/mol. The highest BCUT2D eigenvalue weighted by atomic mass is 32.1. The molecule has 4 aromatic rings. The maximum atomic E-state index is 12.9. The number of thiophene rings is 1. The highest BCUT2D eigenvalue weighted by Crippen LogP contribution is 2.32. The highest BCUT2D eigenvalue weighted by molar-refractivity contribution is 7.13. The van der Waals surface area contributed by atoms with Crippen LogP contribution in [0.3, 0.4) is 0 Å². The Kier molecular flexibility index (Phi) is 4.91. The number of Topliss-reactive ketones (excluding diaryl/α,β-unsaturated/α-hetero) is 1. The Morgan fingerprint density at radius 3 is 2.84 bits per heavy atom. The standard InChI is InChI=1S/C22H16N4O5S/c1-12-7-18(31-25-12)14-9-21(29)26(24-22(14)19-3-2-6-32-19)10-16(27)13-4-5-17-15(8-13)23-20(28)11-30-17/h2-9H,10-11H2,1H3,(H,23,28). The third-order valence-corrected chi connectivity index (χ3v) is 5.75. The Morgan fingerprint density at radius 2 is 2.09 bits per heavy atom. The van der Waals surface area contributed by atoms with Crippen molar-refractivity contribution in [1.82, 2.24) is 14.9 Å². The van der Waals surface area contributed by atoms with E-state index in [9.17, 15) is 14.4 Å². The molecule has 1 aliphatic rings. The summed E-state index contributed by atoms with van der Waals surface area (Å²) in [5, 5.41) is 12.9. The zero-order chi connectivity index (χ0) is 22.2. The van der Waals surface area contributed by atoms with Gasteiger partial charge in [-0.15, -0.1) is 11.3 Å². The summed E-state index contributed by atoms with van der Waals surface area (Å²) in [7, 11) is 0. The molecule has 0 saturated carbocycles. The van der Waals surface area contributed by atoms with Crippen LogP contribution in [0.15, 0.2) is 57.2 Å². The molecule has 32 heavy (non-hydrogen) atoms. The van der Waals surface area contributed by atoms with Gasteiger partial charge < -0.3 is 14.6 Å². The third kappa shape index (κ3) is 3.71. The van der Waals surface area contributed by atoms with Gasteiger partial charge in [-0.1, -0.05) is 11.2 Å². The third-order valence-electron chi connectivity index (χ3n) is 4.87. The summed E-state index contributed by atoms with van der Waals surface area (Å²) in [5.41, 5.74) is 2.01. The summed E-state index contributed by atoms with van der Waals surface area (Å²) in [4.78, 5) is 38.1. The molecule has 1 aromatic carbocycles. The predicted octanol–water partition coefficient (Wildman–Crippen LogP) is 3.15. The first-order chi connectivity index (χ1) is 15.5. The van der Waals surface area contributed by atoms with Gasteiger partial charge in [-0.2, -0.15) is 5.10 Å². The SMILES string of the molecule is Cc1cc(-c2cc(=O)n(CC(=O)c3ccc4c(c3)NC(=O)CO4)nc2-c2cccs2)on1. The molecule has 1 aliphatic heterocycles. The van der Waals surface area contributed by atoms with Crippen LogP contribution in [-0.4, -0.2) is 33.2 Å². The first-order valence-electron chi connectivity index (χ1n) is 9.67. The predicted molar refractivity (Wildman–Crippen MR) is 117 cm³/mol. The van der Waals surface area contributed by atoms with Gasteiger partial charge in [0, 0.05) is 17.7 Å². The molecule has 0 fully saturated rings. The molecule has 1 N–H and O–H groups in total. The quantitative estimate of drug-likeness (QED) is 0.466. The maximum absolute atomic E-state index is 12.9. The summed E-state index contributed by atoms with van der Waals surface area (Å²) >= 11 is 1.46. The molecular formula is C22H16N4O5S. The lowest BCUT2D eigenvalue weighted by Gasteiger charge is -2.18. The van der Waals surface area contributed by atoms with E-state index in [0.717, 1.165) is 9.56 Å². The molecule has 0 aliphatic carbocycles. The fourth-order valence-electron chi connectivity index (χ4n) is 3.36. The monoisotopic (exact) mass is 448 g/mol. The zero-order valence-corrected chi connectivity index (χ0v) is 17.6. The van der Waals surface area contributed by atoms with Gasteiger partial charge in [0.2, 0.25) is 0 Å². The van der Waals surface area contributed by atoms with E-state index in [2.05, 4.69) is 15.6 Å². The molecule has 0 spiro atoms. The number of rotatable bonds is 5. The van der Waals surface area contributed by atoms with Crippen molar-refractivity contribution in [3.05, 3.63) is 69.5 Å². The Labute approximate surface area is 185 Å². The number of benzene rings is 1. The Bertz CT molecular complexity index is 1400. The van der Waals surface area contributed by atoms with E-state index >= 15 is 0 Å². The lowest BCUT2D eigenvalue weighted by molar-refractivity contribution is -0.118. The van der Waals surface area contributed by atoms with Gasteiger partial charge in [0.1, 0.15) is 18.0 Å². The van der Waals surface area contributed by atoms with Gasteiger partial charge >= 0.3 is 0 Å². The number of ether oxygens (including phenoxy) is 1. The lowest BCUT2D eigenvalue weighted by atomic mass is 10.1. The normalized spacial score (nSPS) is 12.7. The molecule has 1 amide bonds. The second-order valence-corrected chi connectivity index (χ2v) is 8.13. The van der Waals surface area contributed by atoms with Gasteiger partial charge in [0.05, 0.1) is 21.8 Å². The van der Waals surface area contributed by atoms with Crippen molar-refractivity contribution in [3.63, 3.8) is 0 Å². The van der Waals surface area contributed by atoms with Crippen molar-refractivity contribution in [2.45, 2.75) is 13.5 Å². The van der Waals surface area contributed by atoms with Crippen molar-refractivity contribution in [1.29, 1.82) is 0 Å². The summed E-state index contributed by atoms with van der Waals surface area (Å²) in [6, 6.07) is 11.6. The molecule has 0 atom stereocenters. The first-order valence-corrected chi connectivity index (χ1v) is 10.6. The average Bonchev–Trinajstić information content (AvgIpc) is 3.46. The lowest BCUT2D eigenvalue weighted by Crippen LogP contribution is -2.28. The molecule has 5 rings (SSSR count). The van der Waals surface area contributed by atoms with Gasteiger partial charge in [0.15, 0.2) is 18.2 Å². The number of anilines is 1. The molecule has 160 valence electrons. The number of carbonyl (C=O) groups is 2. The van der Waals surface area contributed by atoms with Crippen LogP contribution < -0.4 is 15.6 Å². The zero-order valence-electron chi connectivity index (χ0n) is 16.8. The minimum absolute atomic E-state index is 0.0673. The topological polar surface area (TPSA) is 116 Å². The van der Waals surface area contributed by atoms with Crippen LogP contribution in [0.25, 0.3) is 21.9 Å². The molecule has 0 unspecified atom stereocenters. The molecular weight excluding hydrogens is 432 g/mol. The number of amides is 1. The van der Waals surface area contributed by atoms with Crippen LogP contribution in [0.5, 0.6) is 5.75 Å². The first kappa shape index (κ1) is 19.9. The number of ketones is 1. The summed E-state index contributed by atoms with van der Waals surface area (Å²) in [6.45, 7) is 1.46. The van der Waals surface area contributed by atoms with Crippen molar-refractivity contribution < 1.29 is 18.8 Å². The molecule has 0 radical (unpaired) electrons.